The van der Waals surface area contributed by atoms with E-state index in [0.717, 1.165) is 28.5 Å². The van der Waals surface area contributed by atoms with Crippen LogP contribution in [0, 0.1) is 0 Å². The summed E-state index contributed by atoms with van der Waals surface area (Å²) in [6, 6.07) is 5.91. The summed E-state index contributed by atoms with van der Waals surface area (Å²) in [6.45, 7) is 0.629. The number of nitrogens with zero attached hydrogens (tertiary/aromatic N) is 3. The van der Waals surface area contributed by atoms with Crippen LogP contribution in [0.2, 0.25) is 0 Å². The summed E-state index contributed by atoms with van der Waals surface area (Å²) < 4.78 is 2.08. The summed E-state index contributed by atoms with van der Waals surface area (Å²) >= 11 is 1.63. The van der Waals surface area contributed by atoms with Crippen LogP contribution in [-0.4, -0.2) is 20.9 Å². The summed E-state index contributed by atoms with van der Waals surface area (Å²) in [5.41, 5.74) is 8.63. The van der Waals surface area contributed by atoms with Gasteiger partial charge >= 0.3 is 0 Å². The maximum atomic E-state index is 5.54. The summed E-state index contributed by atoms with van der Waals surface area (Å²) in [5.74, 6) is 0. The molecule has 2 N–H and O–H groups in total. The number of imidazole rings is 1. The van der Waals surface area contributed by atoms with Gasteiger partial charge in [-0.1, -0.05) is 6.07 Å². The van der Waals surface area contributed by atoms with Gasteiger partial charge in [-0.15, -0.1) is 11.3 Å². The molecule has 0 unspecified atom stereocenters. The monoisotopic (exact) mass is 244 g/mol. The minimum absolute atomic E-state index is 0.629. The van der Waals surface area contributed by atoms with Crippen molar-refractivity contribution in [2.24, 2.45) is 5.73 Å². The predicted molar refractivity (Wildman–Crippen MR) is 69.1 cm³/mol. The molecule has 86 valence electrons. The normalized spacial score (nSPS) is 11.1. The number of hydrogen-bond donors (Lipinski definition) is 1. The molecule has 3 aromatic rings. The molecule has 0 bridgehead atoms. The van der Waals surface area contributed by atoms with Crippen molar-refractivity contribution in [1.29, 1.82) is 0 Å². The first-order chi connectivity index (χ1) is 8.38. The molecule has 0 aliphatic carbocycles. The zero-order valence-corrected chi connectivity index (χ0v) is 10.0. The fourth-order valence-corrected chi connectivity index (χ4v) is 2.68. The van der Waals surface area contributed by atoms with Gasteiger partial charge in [-0.25, -0.2) is 4.98 Å². The maximum Gasteiger partial charge on any atom is 0.194 e. The first-order valence-electron chi connectivity index (χ1n) is 5.45. The van der Waals surface area contributed by atoms with Crippen molar-refractivity contribution in [2.75, 3.05) is 6.54 Å². The van der Waals surface area contributed by atoms with E-state index in [1.54, 1.807) is 17.5 Å². The Labute approximate surface area is 103 Å². The van der Waals surface area contributed by atoms with E-state index < -0.39 is 0 Å². The van der Waals surface area contributed by atoms with E-state index >= 15 is 0 Å². The Morgan fingerprint density at radius 3 is 3.06 bits per heavy atom. The lowest BCUT2D eigenvalue weighted by atomic mass is 10.3. The second kappa shape index (κ2) is 4.27. The fraction of sp³-hybridized carbons (Fsp3) is 0.167. The van der Waals surface area contributed by atoms with Crippen LogP contribution >= 0.6 is 11.3 Å². The summed E-state index contributed by atoms with van der Waals surface area (Å²) in [7, 11) is 0. The van der Waals surface area contributed by atoms with Gasteiger partial charge in [0.2, 0.25) is 0 Å². The fourth-order valence-electron chi connectivity index (χ4n) is 1.80. The summed E-state index contributed by atoms with van der Waals surface area (Å²) in [4.78, 5) is 9.88. The number of pyridine rings is 1. The third-order valence-corrected chi connectivity index (χ3v) is 3.43. The van der Waals surface area contributed by atoms with Crippen molar-refractivity contribution in [1.82, 2.24) is 14.4 Å². The molecular formula is C12H12N4S. The van der Waals surface area contributed by atoms with Crippen molar-refractivity contribution in [3.8, 4) is 11.4 Å². The molecule has 0 radical (unpaired) electrons. The van der Waals surface area contributed by atoms with Crippen LogP contribution in [0.4, 0.5) is 0 Å². The van der Waals surface area contributed by atoms with E-state index in [9.17, 15) is 0 Å². The van der Waals surface area contributed by atoms with E-state index in [1.165, 1.54) is 0 Å². The average molecular weight is 244 g/mol. The van der Waals surface area contributed by atoms with Crippen LogP contribution in [0.3, 0.4) is 0 Å². The number of hydrogen-bond acceptors (Lipinski definition) is 4. The van der Waals surface area contributed by atoms with Gasteiger partial charge in [0, 0.05) is 24.2 Å². The second-order valence-corrected chi connectivity index (χ2v) is 4.60. The van der Waals surface area contributed by atoms with Gasteiger partial charge in [-0.05, 0) is 18.7 Å². The standard InChI is InChI=1S/C12H12N4S/c13-5-4-9-7-16-11(8-17-12(16)15-9)10-3-1-2-6-14-10/h1-3,6-8H,4-5,13H2. The minimum Gasteiger partial charge on any atom is -0.330 e. The number of rotatable bonds is 3. The van der Waals surface area contributed by atoms with Crippen LogP contribution in [0.1, 0.15) is 5.69 Å². The van der Waals surface area contributed by atoms with Gasteiger partial charge < -0.3 is 5.73 Å². The van der Waals surface area contributed by atoms with Crippen LogP contribution in [0.25, 0.3) is 16.3 Å². The number of aromatic nitrogens is 3. The van der Waals surface area contributed by atoms with Gasteiger partial charge in [-0.2, -0.15) is 0 Å². The zero-order chi connectivity index (χ0) is 11.7. The molecule has 0 aliphatic heterocycles. The first-order valence-corrected chi connectivity index (χ1v) is 6.33. The lowest BCUT2D eigenvalue weighted by molar-refractivity contribution is 0.937. The van der Waals surface area contributed by atoms with Crippen molar-refractivity contribution in [3.05, 3.63) is 41.7 Å². The Morgan fingerprint density at radius 2 is 2.29 bits per heavy atom. The Balaban J connectivity index is 2.11. The molecule has 0 aromatic carbocycles. The highest BCUT2D eigenvalue weighted by molar-refractivity contribution is 7.15. The van der Waals surface area contributed by atoms with Crippen LogP contribution < -0.4 is 5.73 Å². The van der Waals surface area contributed by atoms with Crippen LogP contribution in [0.5, 0.6) is 0 Å². The van der Waals surface area contributed by atoms with Crippen LogP contribution in [0.15, 0.2) is 36.0 Å². The van der Waals surface area contributed by atoms with Crippen LogP contribution in [-0.2, 0) is 6.42 Å². The molecule has 3 heterocycles. The highest BCUT2D eigenvalue weighted by Crippen LogP contribution is 2.24. The van der Waals surface area contributed by atoms with Gasteiger partial charge in [0.15, 0.2) is 4.96 Å². The highest BCUT2D eigenvalue weighted by Gasteiger charge is 2.09. The van der Waals surface area contributed by atoms with E-state index in [1.807, 2.05) is 24.4 Å². The lowest BCUT2D eigenvalue weighted by Crippen LogP contribution is -2.02. The molecule has 0 fully saturated rings. The quantitative estimate of drug-likeness (QED) is 0.766. The van der Waals surface area contributed by atoms with E-state index in [2.05, 4.69) is 19.7 Å². The lowest BCUT2D eigenvalue weighted by Gasteiger charge is -1.97. The van der Waals surface area contributed by atoms with Crippen molar-refractivity contribution in [3.63, 3.8) is 0 Å². The maximum absolute atomic E-state index is 5.54. The average Bonchev–Trinajstić information content (AvgIpc) is 2.90. The molecular weight excluding hydrogens is 232 g/mol. The molecule has 3 aromatic heterocycles. The molecule has 5 heteroatoms. The molecule has 0 aliphatic rings. The van der Waals surface area contributed by atoms with Gasteiger partial charge in [0.25, 0.3) is 0 Å². The molecule has 0 saturated carbocycles. The molecule has 17 heavy (non-hydrogen) atoms. The van der Waals surface area contributed by atoms with Crippen molar-refractivity contribution < 1.29 is 0 Å². The first kappa shape index (κ1) is 10.4. The topological polar surface area (TPSA) is 56.2 Å². The zero-order valence-electron chi connectivity index (χ0n) is 9.21. The second-order valence-electron chi connectivity index (χ2n) is 3.76. The summed E-state index contributed by atoms with van der Waals surface area (Å²) in [5, 5.41) is 2.08. The van der Waals surface area contributed by atoms with E-state index in [4.69, 9.17) is 5.73 Å². The Morgan fingerprint density at radius 1 is 1.35 bits per heavy atom. The molecule has 0 saturated heterocycles. The SMILES string of the molecule is NCCc1cn2c(-c3ccccn3)csc2n1. The Hall–Kier alpha value is -1.72. The largest absolute Gasteiger partial charge is 0.330 e. The summed E-state index contributed by atoms with van der Waals surface area (Å²) in [6.07, 6.45) is 4.66. The third kappa shape index (κ3) is 1.83. The molecule has 0 amide bonds. The Kier molecular flexibility index (Phi) is 2.62. The number of thiazole rings is 1. The highest BCUT2D eigenvalue weighted by atomic mass is 32.1. The molecule has 3 rings (SSSR count). The number of nitrogens with two attached hydrogens (primary N) is 1. The third-order valence-electron chi connectivity index (χ3n) is 2.59. The minimum atomic E-state index is 0.629. The van der Waals surface area contributed by atoms with E-state index in [0.29, 0.717) is 6.54 Å². The predicted octanol–water partition coefficient (Wildman–Crippen LogP) is 1.96. The Bertz CT molecular complexity index is 626. The van der Waals surface area contributed by atoms with Gasteiger partial charge in [-0.3, -0.25) is 9.38 Å². The molecule has 4 nitrogen and oxygen atoms in total. The van der Waals surface area contributed by atoms with Gasteiger partial charge in [0.05, 0.1) is 17.1 Å². The number of fused-ring (bicyclic) bond motifs is 1. The van der Waals surface area contributed by atoms with E-state index in [-0.39, 0.29) is 0 Å². The smallest absolute Gasteiger partial charge is 0.194 e. The van der Waals surface area contributed by atoms with Gasteiger partial charge in [0.1, 0.15) is 0 Å². The molecule has 0 spiro atoms. The van der Waals surface area contributed by atoms with Crippen molar-refractivity contribution >= 4 is 16.3 Å². The van der Waals surface area contributed by atoms with Crippen molar-refractivity contribution in [2.45, 2.75) is 6.42 Å². The molecule has 0 atom stereocenters.